The number of nitrogens with zero attached hydrogens (tertiary/aromatic N) is 3. The number of halogens is 1. The summed E-state index contributed by atoms with van der Waals surface area (Å²) in [6.45, 7) is 1.78. The zero-order chi connectivity index (χ0) is 18.7. The van der Waals surface area contributed by atoms with Gasteiger partial charge in [0.1, 0.15) is 17.3 Å². The highest BCUT2D eigenvalue weighted by Gasteiger charge is 2.26. The maximum absolute atomic E-state index is 13.9. The fourth-order valence-electron chi connectivity index (χ4n) is 3.15. The van der Waals surface area contributed by atoms with E-state index >= 15 is 0 Å². The lowest BCUT2D eigenvalue weighted by atomic mass is 9.91. The molecule has 1 aromatic carbocycles. The normalized spacial score (nSPS) is 15.7. The fraction of sp³-hybridized carbons (Fsp3) is 0.350. The van der Waals surface area contributed by atoms with Crippen molar-refractivity contribution in [2.75, 3.05) is 32.1 Å². The standard InChI is InChI=1S/C20H22FN3O2/c1-23-12-10-14(11-13-23)19(25)17-8-5-9-18(22-17)24(2)20(26)15-6-3-4-7-16(15)21/h3-9,14H,10-13H2,1-2H3. The minimum absolute atomic E-state index is 0.00620. The van der Waals surface area contributed by atoms with Gasteiger partial charge < -0.3 is 4.90 Å². The molecule has 0 atom stereocenters. The number of aromatic nitrogens is 1. The number of piperidine rings is 1. The minimum Gasteiger partial charge on any atom is -0.306 e. The van der Waals surface area contributed by atoms with Crippen molar-refractivity contribution >= 4 is 17.5 Å². The van der Waals surface area contributed by atoms with E-state index in [1.807, 2.05) is 7.05 Å². The van der Waals surface area contributed by atoms with Crippen LogP contribution in [0, 0.1) is 11.7 Å². The van der Waals surface area contributed by atoms with E-state index in [1.54, 1.807) is 24.3 Å². The summed E-state index contributed by atoms with van der Waals surface area (Å²) < 4.78 is 13.9. The Labute approximate surface area is 152 Å². The highest BCUT2D eigenvalue weighted by molar-refractivity contribution is 6.05. The van der Waals surface area contributed by atoms with Gasteiger partial charge in [0.05, 0.1) is 5.56 Å². The highest BCUT2D eigenvalue weighted by atomic mass is 19.1. The molecule has 1 aliphatic rings. The van der Waals surface area contributed by atoms with Gasteiger partial charge in [0.25, 0.3) is 5.91 Å². The van der Waals surface area contributed by atoms with Crippen LogP contribution < -0.4 is 4.90 Å². The van der Waals surface area contributed by atoms with E-state index < -0.39 is 11.7 Å². The summed E-state index contributed by atoms with van der Waals surface area (Å²) in [5.74, 6) is -0.785. The number of likely N-dealkylation sites (tertiary alicyclic amines) is 1. The Morgan fingerprint density at radius 2 is 1.81 bits per heavy atom. The van der Waals surface area contributed by atoms with Crippen molar-refractivity contribution in [3.63, 3.8) is 0 Å². The molecule has 5 nitrogen and oxygen atoms in total. The summed E-state index contributed by atoms with van der Waals surface area (Å²) in [5, 5.41) is 0. The first-order chi connectivity index (χ1) is 12.5. The number of anilines is 1. The fourth-order valence-corrected chi connectivity index (χ4v) is 3.15. The Hall–Kier alpha value is -2.60. The molecule has 0 bridgehead atoms. The third-order valence-corrected chi connectivity index (χ3v) is 4.83. The van der Waals surface area contributed by atoms with Gasteiger partial charge in [0, 0.05) is 13.0 Å². The van der Waals surface area contributed by atoms with Crippen molar-refractivity contribution in [1.82, 2.24) is 9.88 Å². The van der Waals surface area contributed by atoms with E-state index in [1.165, 1.54) is 30.1 Å². The van der Waals surface area contributed by atoms with Crippen molar-refractivity contribution in [3.8, 4) is 0 Å². The molecule has 2 heterocycles. The van der Waals surface area contributed by atoms with Crippen LogP contribution >= 0.6 is 0 Å². The number of hydrogen-bond donors (Lipinski definition) is 0. The van der Waals surface area contributed by atoms with Crippen molar-refractivity contribution in [3.05, 3.63) is 59.5 Å². The SMILES string of the molecule is CN1CCC(C(=O)c2cccc(N(C)C(=O)c3ccccc3F)n2)CC1. The number of rotatable bonds is 4. The van der Waals surface area contributed by atoms with Crippen LogP contribution in [0.4, 0.5) is 10.2 Å². The molecule has 0 aliphatic carbocycles. The van der Waals surface area contributed by atoms with E-state index in [4.69, 9.17) is 0 Å². The summed E-state index contributed by atoms with van der Waals surface area (Å²) in [5.41, 5.74) is 0.328. The predicted molar refractivity (Wildman–Crippen MR) is 97.9 cm³/mol. The lowest BCUT2D eigenvalue weighted by molar-refractivity contribution is 0.0850. The monoisotopic (exact) mass is 355 g/mol. The third-order valence-electron chi connectivity index (χ3n) is 4.83. The van der Waals surface area contributed by atoms with E-state index in [0.29, 0.717) is 11.5 Å². The number of carbonyl (C=O) groups excluding carboxylic acids is 2. The summed E-state index contributed by atoms with van der Waals surface area (Å²) in [6.07, 6.45) is 1.62. The maximum Gasteiger partial charge on any atom is 0.262 e. The molecule has 1 fully saturated rings. The Kier molecular flexibility index (Phi) is 5.42. The van der Waals surface area contributed by atoms with Crippen LogP contribution in [-0.2, 0) is 0 Å². The highest BCUT2D eigenvalue weighted by Crippen LogP contribution is 2.22. The molecular formula is C20H22FN3O2. The summed E-state index contributed by atoms with van der Waals surface area (Å²) in [7, 11) is 3.57. The Morgan fingerprint density at radius 1 is 1.12 bits per heavy atom. The zero-order valence-corrected chi connectivity index (χ0v) is 15.0. The maximum atomic E-state index is 13.9. The van der Waals surface area contributed by atoms with E-state index in [9.17, 15) is 14.0 Å². The van der Waals surface area contributed by atoms with E-state index in [2.05, 4.69) is 9.88 Å². The first kappa shape index (κ1) is 18.2. The van der Waals surface area contributed by atoms with Gasteiger partial charge in [0.15, 0.2) is 5.78 Å². The number of pyridine rings is 1. The molecule has 0 N–H and O–H groups in total. The van der Waals surface area contributed by atoms with Gasteiger partial charge in [0.2, 0.25) is 0 Å². The Morgan fingerprint density at radius 3 is 2.50 bits per heavy atom. The second-order valence-electron chi connectivity index (χ2n) is 6.67. The average Bonchev–Trinajstić information content (AvgIpc) is 2.67. The van der Waals surface area contributed by atoms with Gasteiger partial charge in [-0.3, -0.25) is 14.5 Å². The quantitative estimate of drug-likeness (QED) is 0.791. The molecular weight excluding hydrogens is 333 g/mol. The topological polar surface area (TPSA) is 53.5 Å². The van der Waals surface area contributed by atoms with Gasteiger partial charge in [-0.05, 0) is 57.2 Å². The second-order valence-corrected chi connectivity index (χ2v) is 6.67. The molecule has 1 saturated heterocycles. The Balaban J connectivity index is 1.79. The molecule has 136 valence electrons. The summed E-state index contributed by atoms with van der Waals surface area (Å²) in [4.78, 5) is 33.1. The molecule has 1 aromatic heterocycles. The van der Waals surface area contributed by atoms with Crippen LogP contribution in [0.5, 0.6) is 0 Å². The molecule has 2 aromatic rings. The molecule has 0 saturated carbocycles. The average molecular weight is 355 g/mol. The third kappa shape index (κ3) is 3.80. The number of benzene rings is 1. The molecule has 6 heteroatoms. The van der Waals surface area contributed by atoms with Gasteiger partial charge in [-0.25, -0.2) is 9.37 Å². The van der Waals surface area contributed by atoms with Gasteiger partial charge >= 0.3 is 0 Å². The molecule has 3 rings (SSSR count). The molecule has 0 spiro atoms. The Bertz CT molecular complexity index is 816. The number of amides is 1. The van der Waals surface area contributed by atoms with E-state index in [-0.39, 0.29) is 17.3 Å². The largest absolute Gasteiger partial charge is 0.306 e. The molecule has 26 heavy (non-hydrogen) atoms. The van der Waals surface area contributed by atoms with Gasteiger partial charge in [-0.15, -0.1) is 0 Å². The lowest BCUT2D eigenvalue weighted by Crippen LogP contribution is -2.34. The van der Waals surface area contributed by atoms with Crippen molar-refractivity contribution in [2.45, 2.75) is 12.8 Å². The molecule has 1 amide bonds. The van der Waals surface area contributed by atoms with Gasteiger partial charge in [-0.1, -0.05) is 18.2 Å². The predicted octanol–water partition coefficient (Wildman–Crippen LogP) is 3.02. The first-order valence-corrected chi connectivity index (χ1v) is 8.70. The number of hydrogen-bond acceptors (Lipinski definition) is 4. The van der Waals surface area contributed by atoms with Crippen molar-refractivity contribution in [1.29, 1.82) is 0 Å². The van der Waals surface area contributed by atoms with Gasteiger partial charge in [-0.2, -0.15) is 0 Å². The van der Waals surface area contributed by atoms with Crippen LogP contribution in [-0.4, -0.2) is 48.8 Å². The number of Topliss-reactive ketones (excluding diaryl/α,β-unsaturated/α-hetero) is 1. The summed E-state index contributed by atoms with van der Waals surface area (Å²) in [6, 6.07) is 10.8. The lowest BCUT2D eigenvalue weighted by Gasteiger charge is -2.27. The van der Waals surface area contributed by atoms with Crippen LogP contribution in [0.15, 0.2) is 42.5 Å². The van der Waals surface area contributed by atoms with Crippen LogP contribution in [0.1, 0.15) is 33.7 Å². The van der Waals surface area contributed by atoms with Crippen LogP contribution in [0.25, 0.3) is 0 Å². The number of ketones is 1. The smallest absolute Gasteiger partial charge is 0.262 e. The molecule has 1 aliphatic heterocycles. The van der Waals surface area contributed by atoms with Crippen molar-refractivity contribution in [2.24, 2.45) is 5.92 Å². The zero-order valence-electron chi connectivity index (χ0n) is 15.0. The molecule has 0 radical (unpaired) electrons. The van der Waals surface area contributed by atoms with Crippen LogP contribution in [0.2, 0.25) is 0 Å². The summed E-state index contributed by atoms with van der Waals surface area (Å²) >= 11 is 0. The van der Waals surface area contributed by atoms with E-state index in [0.717, 1.165) is 25.9 Å². The minimum atomic E-state index is -0.581. The molecule has 0 unspecified atom stereocenters. The first-order valence-electron chi connectivity index (χ1n) is 8.70. The second kappa shape index (κ2) is 7.74. The van der Waals surface area contributed by atoms with Crippen molar-refractivity contribution < 1.29 is 14.0 Å². The van der Waals surface area contributed by atoms with Crippen LogP contribution in [0.3, 0.4) is 0 Å². The number of carbonyl (C=O) groups is 2.